The average molecular weight is 245 g/mol. The molecular formula is C12H11N3O3. The molecule has 0 atom stereocenters. The third-order valence-electron chi connectivity index (χ3n) is 2.61. The van der Waals surface area contributed by atoms with Crippen molar-refractivity contribution < 1.29 is 14.4 Å². The van der Waals surface area contributed by atoms with Gasteiger partial charge in [-0.2, -0.15) is 0 Å². The second-order valence-electron chi connectivity index (χ2n) is 3.83. The van der Waals surface area contributed by atoms with Crippen LogP contribution < -0.4 is 10.2 Å². The van der Waals surface area contributed by atoms with Crippen LogP contribution in [0.5, 0.6) is 0 Å². The summed E-state index contributed by atoms with van der Waals surface area (Å²) in [7, 11) is 0. The number of anilines is 1. The predicted octanol–water partition coefficient (Wildman–Crippen LogP) is -0.0148. The second kappa shape index (κ2) is 5.25. The van der Waals surface area contributed by atoms with Crippen LogP contribution in [0.2, 0.25) is 0 Å². The highest BCUT2D eigenvalue weighted by molar-refractivity contribution is 6.04. The van der Waals surface area contributed by atoms with Gasteiger partial charge in [-0.1, -0.05) is 12.1 Å². The Morgan fingerprint density at radius 3 is 2.67 bits per heavy atom. The monoisotopic (exact) mass is 245 g/mol. The fourth-order valence-corrected chi connectivity index (χ4v) is 1.70. The number of carbonyl (C=O) groups excluding carboxylic acids is 3. The fraction of sp³-hybridized carbons (Fsp3) is 0.250. The van der Waals surface area contributed by atoms with Gasteiger partial charge in [0.15, 0.2) is 0 Å². The van der Waals surface area contributed by atoms with Crippen molar-refractivity contribution in [3.63, 3.8) is 0 Å². The van der Waals surface area contributed by atoms with Crippen molar-refractivity contribution in [2.45, 2.75) is 6.54 Å². The quantitative estimate of drug-likeness (QED) is 0.600. The Bertz CT molecular complexity index is 518. The first kappa shape index (κ1) is 12.0. The van der Waals surface area contributed by atoms with Gasteiger partial charge < -0.3 is 10.2 Å². The molecule has 0 aliphatic carbocycles. The van der Waals surface area contributed by atoms with Gasteiger partial charge in [0, 0.05) is 5.69 Å². The molecule has 18 heavy (non-hydrogen) atoms. The van der Waals surface area contributed by atoms with E-state index in [9.17, 15) is 14.4 Å². The maximum Gasteiger partial charge on any atom is 0.246 e. The number of benzene rings is 1. The maximum atomic E-state index is 11.6. The zero-order valence-corrected chi connectivity index (χ0v) is 9.55. The predicted molar refractivity (Wildman–Crippen MR) is 63.6 cm³/mol. The van der Waals surface area contributed by atoms with E-state index in [1.54, 1.807) is 24.3 Å². The van der Waals surface area contributed by atoms with Crippen LogP contribution in [0.1, 0.15) is 5.56 Å². The second-order valence-corrected chi connectivity index (χ2v) is 3.83. The topological polar surface area (TPSA) is 78.8 Å². The van der Waals surface area contributed by atoms with E-state index in [-0.39, 0.29) is 31.4 Å². The van der Waals surface area contributed by atoms with Gasteiger partial charge in [-0.25, -0.2) is 9.79 Å². The van der Waals surface area contributed by atoms with Crippen LogP contribution in [0.25, 0.3) is 0 Å². The van der Waals surface area contributed by atoms with Crippen molar-refractivity contribution in [1.29, 1.82) is 0 Å². The minimum Gasteiger partial charge on any atom is -0.345 e. The number of hydrogen-bond donors (Lipinski definition) is 1. The van der Waals surface area contributed by atoms with Gasteiger partial charge in [-0.3, -0.25) is 9.59 Å². The number of amides is 2. The summed E-state index contributed by atoms with van der Waals surface area (Å²) in [5.74, 6) is -0.322. The zero-order chi connectivity index (χ0) is 13.0. The van der Waals surface area contributed by atoms with Crippen molar-refractivity contribution in [2.75, 3.05) is 18.0 Å². The van der Waals surface area contributed by atoms with E-state index in [0.717, 1.165) is 5.56 Å². The number of nitrogens with one attached hydrogen (secondary N) is 1. The van der Waals surface area contributed by atoms with E-state index in [0.29, 0.717) is 5.69 Å². The average Bonchev–Trinajstić information content (AvgIpc) is 2.40. The highest BCUT2D eigenvalue weighted by Crippen LogP contribution is 2.17. The van der Waals surface area contributed by atoms with Gasteiger partial charge in [0.2, 0.25) is 17.9 Å². The molecule has 0 unspecified atom stereocenters. The van der Waals surface area contributed by atoms with E-state index < -0.39 is 0 Å². The van der Waals surface area contributed by atoms with Crippen LogP contribution in [0, 0.1) is 0 Å². The fourth-order valence-electron chi connectivity index (χ4n) is 1.70. The van der Waals surface area contributed by atoms with Gasteiger partial charge >= 0.3 is 0 Å². The molecule has 6 heteroatoms. The number of rotatable bonds is 3. The molecule has 1 aliphatic heterocycles. The smallest absolute Gasteiger partial charge is 0.246 e. The zero-order valence-electron chi connectivity index (χ0n) is 9.55. The van der Waals surface area contributed by atoms with E-state index in [1.165, 1.54) is 11.0 Å². The summed E-state index contributed by atoms with van der Waals surface area (Å²) >= 11 is 0. The molecular weight excluding hydrogens is 234 g/mol. The van der Waals surface area contributed by atoms with E-state index in [1.807, 2.05) is 0 Å². The summed E-state index contributed by atoms with van der Waals surface area (Å²) in [6.45, 7) is 0.318. The number of carbonyl (C=O) groups is 2. The van der Waals surface area contributed by atoms with Gasteiger partial charge in [-0.15, -0.1) is 0 Å². The minimum absolute atomic E-state index is 0.0238. The lowest BCUT2D eigenvalue weighted by Gasteiger charge is -2.26. The molecule has 2 rings (SSSR count). The Morgan fingerprint density at radius 1 is 1.28 bits per heavy atom. The number of hydrogen-bond acceptors (Lipinski definition) is 4. The lowest BCUT2D eigenvalue weighted by molar-refractivity contribution is -0.128. The largest absolute Gasteiger partial charge is 0.345 e. The van der Waals surface area contributed by atoms with Crippen molar-refractivity contribution in [2.24, 2.45) is 4.99 Å². The van der Waals surface area contributed by atoms with Crippen molar-refractivity contribution >= 4 is 23.6 Å². The lowest BCUT2D eigenvalue weighted by Crippen LogP contribution is -2.51. The lowest BCUT2D eigenvalue weighted by atomic mass is 10.2. The summed E-state index contributed by atoms with van der Waals surface area (Å²) < 4.78 is 0. The number of isocyanates is 1. The van der Waals surface area contributed by atoms with Crippen LogP contribution in [0.15, 0.2) is 29.3 Å². The minimum atomic E-state index is -0.177. The third-order valence-corrected chi connectivity index (χ3v) is 2.61. The van der Waals surface area contributed by atoms with E-state index in [2.05, 4.69) is 10.3 Å². The Labute approximate surface area is 103 Å². The summed E-state index contributed by atoms with van der Waals surface area (Å²) in [6.07, 6.45) is 1.46. The number of nitrogens with zero attached hydrogens (tertiary/aromatic N) is 2. The summed E-state index contributed by atoms with van der Waals surface area (Å²) in [4.78, 5) is 37.7. The van der Waals surface area contributed by atoms with Gasteiger partial charge in [-0.05, 0) is 17.7 Å². The number of aliphatic imine (C=N–C) groups is 1. The summed E-state index contributed by atoms with van der Waals surface area (Å²) in [5.41, 5.74) is 1.50. The Balaban J connectivity index is 2.15. The summed E-state index contributed by atoms with van der Waals surface area (Å²) in [5, 5.41) is 2.48. The molecule has 0 bridgehead atoms. The molecule has 0 saturated carbocycles. The Morgan fingerprint density at radius 2 is 2.00 bits per heavy atom. The molecule has 0 spiro atoms. The maximum absolute atomic E-state index is 11.6. The van der Waals surface area contributed by atoms with E-state index >= 15 is 0 Å². The first-order chi connectivity index (χ1) is 8.70. The summed E-state index contributed by atoms with van der Waals surface area (Å²) in [6, 6.07) is 6.98. The van der Waals surface area contributed by atoms with Crippen molar-refractivity contribution in [3.05, 3.63) is 29.8 Å². The first-order valence-corrected chi connectivity index (χ1v) is 5.40. The van der Waals surface area contributed by atoms with E-state index in [4.69, 9.17) is 0 Å². The van der Waals surface area contributed by atoms with Crippen LogP contribution in [-0.2, 0) is 20.9 Å². The Kier molecular flexibility index (Phi) is 3.50. The Hall–Kier alpha value is -2.46. The van der Waals surface area contributed by atoms with Gasteiger partial charge in [0.05, 0.1) is 13.1 Å². The molecule has 92 valence electrons. The molecule has 1 heterocycles. The standard InChI is InChI=1S/C12H11N3O3/c16-8-13-5-9-1-3-10(4-2-9)15-7-11(17)14-6-12(15)18/h1-4H,5-7H2,(H,14,17). The molecule has 6 nitrogen and oxygen atoms in total. The highest BCUT2D eigenvalue weighted by atomic mass is 16.2. The van der Waals surface area contributed by atoms with Gasteiger partial charge in [0.1, 0.15) is 6.54 Å². The number of piperazine rings is 1. The van der Waals surface area contributed by atoms with Crippen LogP contribution in [-0.4, -0.2) is 31.0 Å². The van der Waals surface area contributed by atoms with Crippen LogP contribution >= 0.6 is 0 Å². The molecule has 0 radical (unpaired) electrons. The molecule has 0 aromatic heterocycles. The SMILES string of the molecule is O=C=NCc1ccc(N2CC(=O)NCC2=O)cc1. The molecule has 1 N–H and O–H groups in total. The molecule has 2 amide bonds. The van der Waals surface area contributed by atoms with Gasteiger partial charge in [0.25, 0.3) is 0 Å². The molecule has 1 fully saturated rings. The molecule has 1 aromatic carbocycles. The molecule has 1 aromatic rings. The molecule has 1 aliphatic rings. The van der Waals surface area contributed by atoms with Crippen LogP contribution in [0.3, 0.4) is 0 Å². The first-order valence-electron chi connectivity index (χ1n) is 5.40. The van der Waals surface area contributed by atoms with Crippen molar-refractivity contribution in [1.82, 2.24) is 5.32 Å². The van der Waals surface area contributed by atoms with Crippen LogP contribution in [0.4, 0.5) is 5.69 Å². The third kappa shape index (κ3) is 2.61. The normalized spacial score (nSPS) is 15.0. The molecule has 1 saturated heterocycles. The van der Waals surface area contributed by atoms with Crippen molar-refractivity contribution in [3.8, 4) is 0 Å². The highest BCUT2D eigenvalue weighted by Gasteiger charge is 2.24.